The quantitative estimate of drug-likeness (QED) is 0.628. The predicted octanol–water partition coefficient (Wildman–Crippen LogP) is -0.313. The van der Waals surface area contributed by atoms with Gasteiger partial charge in [0.05, 0.1) is 0 Å². The molecule has 0 unspecified atom stereocenters. The van der Waals surface area contributed by atoms with E-state index in [1.165, 1.54) is 4.57 Å². The number of imidazole rings is 1. The maximum absolute atomic E-state index is 12.0. The third kappa shape index (κ3) is 2.34. The number of aryl methyl sites for hydroxylation is 2. The van der Waals surface area contributed by atoms with Crippen LogP contribution in [0.4, 0.5) is 5.95 Å². The molecule has 4 N–H and O–H groups in total. The van der Waals surface area contributed by atoms with Gasteiger partial charge in [-0.1, -0.05) is 0 Å². The van der Waals surface area contributed by atoms with Gasteiger partial charge in [0, 0.05) is 19.6 Å². The Hall–Kier alpha value is -2.09. The van der Waals surface area contributed by atoms with Crippen LogP contribution in [0.25, 0.3) is 11.2 Å². The van der Waals surface area contributed by atoms with Gasteiger partial charge in [-0.05, 0) is 26.8 Å². The largest absolute Gasteiger partial charge is 0.356 e. The van der Waals surface area contributed by atoms with Gasteiger partial charge >= 0.3 is 5.69 Å². The molecule has 110 valence electrons. The van der Waals surface area contributed by atoms with E-state index < -0.39 is 11.2 Å². The molecule has 2 aromatic rings. The summed E-state index contributed by atoms with van der Waals surface area (Å²) in [6.45, 7) is 6.07. The second-order valence-corrected chi connectivity index (χ2v) is 4.42. The molecule has 0 spiro atoms. The Bertz CT molecular complexity index is 711. The van der Waals surface area contributed by atoms with E-state index in [1.54, 1.807) is 4.57 Å². The van der Waals surface area contributed by atoms with Crippen LogP contribution in [0.1, 0.15) is 20.3 Å². The van der Waals surface area contributed by atoms with E-state index in [1.807, 2.05) is 13.8 Å². The van der Waals surface area contributed by atoms with Crippen LogP contribution < -0.4 is 22.3 Å². The predicted molar refractivity (Wildman–Crippen MR) is 78.1 cm³/mol. The van der Waals surface area contributed by atoms with E-state index in [-0.39, 0.29) is 0 Å². The molecule has 0 aliphatic rings. The summed E-state index contributed by atoms with van der Waals surface area (Å²) in [4.78, 5) is 30.5. The first-order chi connectivity index (χ1) is 9.63. The molecule has 20 heavy (non-hydrogen) atoms. The van der Waals surface area contributed by atoms with Crippen molar-refractivity contribution in [3.63, 3.8) is 0 Å². The van der Waals surface area contributed by atoms with Crippen molar-refractivity contribution in [1.82, 2.24) is 19.1 Å². The Labute approximate surface area is 115 Å². The number of nitrogens with two attached hydrogens (primary N) is 1. The molecule has 0 fully saturated rings. The summed E-state index contributed by atoms with van der Waals surface area (Å²) in [5.74, 6) is 0.592. The van der Waals surface area contributed by atoms with Gasteiger partial charge in [-0.25, -0.2) is 4.79 Å². The number of H-pyrrole nitrogens is 1. The Morgan fingerprint density at radius 1 is 1.25 bits per heavy atom. The average Bonchev–Trinajstić information content (AvgIpc) is 2.78. The molecule has 0 atom stereocenters. The first kappa shape index (κ1) is 14.3. The highest BCUT2D eigenvalue weighted by Crippen LogP contribution is 2.15. The normalized spacial score (nSPS) is 11.2. The highest BCUT2D eigenvalue weighted by atomic mass is 16.2. The van der Waals surface area contributed by atoms with Gasteiger partial charge in [-0.2, -0.15) is 4.98 Å². The van der Waals surface area contributed by atoms with E-state index in [0.717, 1.165) is 6.42 Å². The van der Waals surface area contributed by atoms with Gasteiger partial charge in [-0.3, -0.25) is 14.3 Å². The molecule has 2 aromatic heterocycles. The molecule has 2 rings (SSSR count). The number of aromatic amines is 1. The molecule has 0 aliphatic heterocycles. The van der Waals surface area contributed by atoms with E-state index >= 15 is 0 Å². The van der Waals surface area contributed by atoms with Crippen LogP contribution in [0.15, 0.2) is 9.59 Å². The number of rotatable bonds is 6. The molecule has 0 saturated heterocycles. The van der Waals surface area contributed by atoms with Gasteiger partial charge in [0.1, 0.15) is 0 Å². The van der Waals surface area contributed by atoms with Gasteiger partial charge in [0.15, 0.2) is 11.2 Å². The molecule has 0 aliphatic carbocycles. The van der Waals surface area contributed by atoms with Crippen molar-refractivity contribution in [2.45, 2.75) is 33.4 Å². The Kier molecular flexibility index (Phi) is 4.23. The van der Waals surface area contributed by atoms with Crippen LogP contribution >= 0.6 is 0 Å². The highest BCUT2D eigenvalue weighted by molar-refractivity contribution is 5.74. The van der Waals surface area contributed by atoms with Crippen LogP contribution in [-0.2, 0) is 13.1 Å². The summed E-state index contributed by atoms with van der Waals surface area (Å²) in [5.41, 5.74) is 5.46. The van der Waals surface area contributed by atoms with Crippen molar-refractivity contribution in [2.24, 2.45) is 5.73 Å². The van der Waals surface area contributed by atoms with Gasteiger partial charge in [0.25, 0.3) is 5.56 Å². The molecule has 8 heteroatoms. The number of hydrogen-bond donors (Lipinski definition) is 3. The highest BCUT2D eigenvalue weighted by Gasteiger charge is 2.16. The fourth-order valence-electron chi connectivity index (χ4n) is 2.21. The molecule has 0 amide bonds. The minimum Gasteiger partial charge on any atom is -0.356 e. The number of hydrogen-bond acceptors (Lipinski definition) is 5. The first-order valence-corrected chi connectivity index (χ1v) is 6.81. The zero-order valence-electron chi connectivity index (χ0n) is 11.8. The van der Waals surface area contributed by atoms with E-state index in [9.17, 15) is 9.59 Å². The Balaban J connectivity index is 2.63. The zero-order valence-corrected chi connectivity index (χ0v) is 11.8. The molecule has 0 radical (unpaired) electrons. The van der Waals surface area contributed by atoms with Crippen molar-refractivity contribution in [1.29, 1.82) is 0 Å². The van der Waals surface area contributed by atoms with Crippen LogP contribution in [0.3, 0.4) is 0 Å². The Morgan fingerprint density at radius 2 is 1.95 bits per heavy atom. The second kappa shape index (κ2) is 5.91. The van der Waals surface area contributed by atoms with Crippen molar-refractivity contribution >= 4 is 17.1 Å². The number of anilines is 1. The monoisotopic (exact) mass is 280 g/mol. The number of nitrogens with one attached hydrogen (secondary N) is 2. The minimum atomic E-state index is -0.431. The first-order valence-electron chi connectivity index (χ1n) is 6.81. The lowest BCUT2D eigenvalue weighted by atomic mass is 10.4. The van der Waals surface area contributed by atoms with Crippen molar-refractivity contribution in [3.05, 3.63) is 20.8 Å². The van der Waals surface area contributed by atoms with Crippen LogP contribution in [0.2, 0.25) is 0 Å². The lowest BCUT2D eigenvalue weighted by Crippen LogP contribution is -2.30. The summed E-state index contributed by atoms with van der Waals surface area (Å²) >= 11 is 0. The van der Waals surface area contributed by atoms with Crippen molar-refractivity contribution in [2.75, 3.05) is 18.4 Å². The van der Waals surface area contributed by atoms with Gasteiger partial charge in [0.2, 0.25) is 5.95 Å². The van der Waals surface area contributed by atoms with E-state index in [2.05, 4.69) is 15.3 Å². The summed E-state index contributed by atoms with van der Waals surface area (Å²) in [5, 5.41) is 3.16. The number of nitrogens with zero attached hydrogens (tertiary/aromatic N) is 3. The molecule has 0 saturated carbocycles. The SMILES string of the molecule is CCn1c(NCCCN)nc2c1c(=O)[nH]c(=O)n2CC. The molecular formula is C12H20N6O2. The third-order valence-corrected chi connectivity index (χ3v) is 3.18. The number of aromatic nitrogens is 4. The average molecular weight is 280 g/mol. The minimum absolute atomic E-state index is 0.407. The maximum atomic E-state index is 12.0. The summed E-state index contributed by atoms with van der Waals surface area (Å²) < 4.78 is 3.23. The van der Waals surface area contributed by atoms with Crippen LogP contribution in [0.5, 0.6) is 0 Å². The smallest absolute Gasteiger partial charge is 0.330 e. The second-order valence-electron chi connectivity index (χ2n) is 4.42. The summed E-state index contributed by atoms with van der Waals surface area (Å²) in [6.07, 6.45) is 0.809. The van der Waals surface area contributed by atoms with E-state index in [4.69, 9.17) is 5.73 Å². The summed E-state index contributed by atoms with van der Waals surface area (Å²) in [6, 6.07) is 0. The summed E-state index contributed by atoms with van der Waals surface area (Å²) in [7, 11) is 0. The van der Waals surface area contributed by atoms with E-state index in [0.29, 0.717) is 43.3 Å². The van der Waals surface area contributed by atoms with Gasteiger partial charge in [-0.15, -0.1) is 0 Å². The molecular weight excluding hydrogens is 260 g/mol. The van der Waals surface area contributed by atoms with Gasteiger partial charge < -0.3 is 15.6 Å². The fraction of sp³-hybridized carbons (Fsp3) is 0.583. The molecule has 8 nitrogen and oxygen atoms in total. The van der Waals surface area contributed by atoms with Crippen molar-refractivity contribution < 1.29 is 0 Å². The molecule has 2 heterocycles. The zero-order chi connectivity index (χ0) is 14.7. The topological polar surface area (TPSA) is 111 Å². The lowest BCUT2D eigenvalue weighted by molar-refractivity contribution is 0.716. The lowest BCUT2D eigenvalue weighted by Gasteiger charge is -2.07. The fourth-order valence-corrected chi connectivity index (χ4v) is 2.21. The molecule has 0 bridgehead atoms. The maximum Gasteiger partial charge on any atom is 0.330 e. The third-order valence-electron chi connectivity index (χ3n) is 3.18. The van der Waals surface area contributed by atoms with Crippen LogP contribution in [0, 0.1) is 0 Å². The molecule has 0 aromatic carbocycles. The van der Waals surface area contributed by atoms with Crippen LogP contribution in [-0.4, -0.2) is 32.2 Å². The Morgan fingerprint density at radius 3 is 2.55 bits per heavy atom. The standard InChI is InChI=1S/C12H20N6O2/c1-3-17-8-9(15-11(17)14-7-5-6-13)18(4-2)12(20)16-10(8)19/h3-7,13H2,1-2H3,(H,14,15)(H,16,19,20). The number of fused-ring (bicyclic) bond motifs is 1. The van der Waals surface area contributed by atoms with Crippen molar-refractivity contribution in [3.8, 4) is 0 Å².